The molecule has 2 aliphatic heterocycles. The summed E-state index contributed by atoms with van der Waals surface area (Å²) in [6, 6.07) is 9.08. The van der Waals surface area contributed by atoms with Gasteiger partial charge in [0.05, 0.1) is 5.56 Å². The van der Waals surface area contributed by atoms with Gasteiger partial charge in [0, 0.05) is 43.4 Å². The summed E-state index contributed by atoms with van der Waals surface area (Å²) in [5.41, 5.74) is 4.13. The van der Waals surface area contributed by atoms with Crippen LogP contribution in [0.5, 0.6) is 0 Å². The second-order valence-electron chi connectivity index (χ2n) is 16.8. The topological polar surface area (TPSA) is 121 Å². The van der Waals surface area contributed by atoms with E-state index < -0.39 is 5.60 Å². The summed E-state index contributed by atoms with van der Waals surface area (Å²) in [6.45, 7) is 12.1. The lowest BCUT2D eigenvalue weighted by Gasteiger charge is -2.33. The highest BCUT2D eigenvalue weighted by molar-refractivity contribution is 7.97. The van der Waals surface area contributed by atoms with E-state index in [-0.39, 0.29) is 34.5 Å². The number of hydrazine groups is 1. The third kappa shape index (κ3) is 7.20. The first-order valence-electron chi connectivity index (χ1n) is 18.4. The fraction of sp³-hybridized carbons (Fsp3) is 0.622. The Kier molecular flexibility index (Phi) is 9.59. The minimum absolute atomic E-state index is 0.111. The Morgan fingerprint density at radius 3 is 2.55 bits per heavy atom. The van der Waals surface area contributed by atoms with Crippen LogP contribution >= 0.6 is 23.5 Å². The van der Waals surface area contributed by atoms with Crippen molar-refractivity contribution in [3.05, 3.63) is 53.3 Å². The van der Waals surface area contributed by atoms with Crippen molar-refractivity contribution < 1.29 is 19.1 Å². The number of anilines is 2. The number of pyridine rings is 2. The number of hydrogen-bond donors (Lipinski definition) is 3. The van der Waals surface area contributed by atoms with Gasteiger partial charge < -0.3 is 19.7 Å². The zero-order valence-corrected chi connectivity index (χ0v) is 32.3. The van der Waals surface area contributed by atoms with Crippen LogP contribution in [0.2, 0.25) is 10.5 Å². The Bertz CT molecular complexity index is 1680. The monoisotopic (exact) mass is 735 g/mol. The summed E-state index contributed by atoms with van der Waals surface area (Å²) in [5.74, 6) is 1.37. The zero-order chi connectivity index (χ0) is 36.2. The van der Waals surface area contributed by atoms with Crippen molar-refractivity contribution in [2.45, 2.75) is 114 Å². The quantitative estimate of drug-likeness (QED) is 0.0884. The molecule has 2 atom stereocenters. The van der Waals surface area contributed by atoms with Gasteiger partial charge in [-0.25, -0.2) is 14.8 Å². The van der Waals surface area contributed by atoms with Crippen LogP contribution in [0.15, 0.2) is 47.6 Å². The van der Waals surface area contributed by atoms with E-state index in [0.717, 1.165) is 56.6 Å². The SMILES string of the molecule is BC1(CCOC2C=CN(c3ccc(C(=O)NSc4cccc(NCCCC5CN(C(=O)OC(C)(C)C)C(C)(C)C5)n4)c(Cl)n3)N2)C2(CC2)C12CC2. The zero-order valence-electron chi connectivity index (χ0n) is 30.7. The summed E-state index contributed by atoms with van der Waals surface area (Å²) in [7, 11) is 2.47. The minimum Gasteiger partial charge on any atom is -0.444 e. The maximum atomic E-state index is 13.0. The Morgan fingerprint density at radius 2 is 1.86 bits per heavy atom. The Balaban J connectivity index is 0.821. The second kappa shape index (κ2) is 13.4. The molecule has 14 heteroatoms. The highest BCUT2D eigenvalue weighted by Gasteiger charge is 2.91. The van der Waals surface area contributed by atoms with E-state index in [9.17, 15) is 9.59 Å². The number of aromatic nitrogens is 2. The Morgan fingerprint density at radius 1 is 1.12 bits per heavy atom. The van der Waals surface area contributed by atoms with Gasteiger partial charge >= 0.3 is 6.09 Å². The molecule has 1 saturated heterocycles. The number of carbonyl (C=O) groups is 2. The molecule has 0 bridgehead atoms. The molecule has 5 aliphatic rings. The molecule has 3 N–H and O–H groups in total. The van der Waals surface area contributed by atoms with E-state index in [1.165, 1.54) is 25.7 Å². The number of ether oxygens (including phenoxy) is 2. The minimum atomic E-state index is -0.510. The fourth-order valence-corrected chi connectivity index (χ4v) is 10.0. The van der Waals surface area contributed by atoms with Gasteiger partial charge in [-0.2, -0.15) is 5.43 Å². The molecule has 274 valence electrons. The number of halogens is 1. The number of amides is 2. The summed E-state index contributed by atoms with van der Waals surface area (Å²) < 4.78 is 14.6. The van der Waals surface area contributed by atoms with E-state index in [1.54, 1.807) is 17.1 Å². The third-order valence-electron chi connectivity index (χ3n) is 12.0. The number of hydrogen-bond acceptors (Lipinski definition) is 10. The van der Waals surface area contributed by atoms with Gasteiger partial charge in [0.15, 0.2) is 0 Å². The number of likely N-dealkylation sites (tertiary alicyclic amines) is 1. The molecule has 3 saturated carbocycles. The lowest BCUT2D eigenvalue weighted by Crippen LogP contribution is -2.45. The van der Waals surface area contributed by atoms with E-state index in [4.69, 9.17) is 21.1 Å². The number of fused-ring (bicyclic) bond motifs is 1. The van der Waals surface area contributed by atoms with Crippen molar-refractivity contribution in [3.8, 4) is 0 Å². The summed E-state index contributed by atoms with van der Waals surface area (Å²) in [5, 5.41) is 6.38. The molecular weight excluding hydrogens is 685 g/mol. The largest absolute Gasteiger partial charge is 0.444 e. The molecule has 2 unspecified atom stereocenters. The van der Waals surface area contributed by atoms with Gasteiger partial charge in [-0.3, -0.25) is 14.5 Å². The standard InChI is InChI=1S/C37H51BClN7O4S/c1-33(2,3)50-32(48)45-23-24(22-34(45,4)5)8-7-19-40-26-9-6-10-29(41-26)51-44-31(47)25-11-12-27(42-30(25)39)46-20-13-28(43-46)49-21-18-37(38)35(14-15-35)36(37)16-17-36/h6,9-13,20,24,28,43H,7-8,14-19,21-23,38H2,1-5H3,(H,40,41)(H,44,47). The predicted molar refractivity (Wildman–Crippen MR) is 203 cm³/mol. The van der Waals surface area contributed by atoms with Crippen LogP contribution in [0.4, 0.5) is 16.4 Å². The molecule has 51 heavy (non-hydrogen) atoms. The first kappa shape index (κ1) is 36.4. The molecule has 4 fully saturated rings. The Hall–Kier alpha value is -3.00. The maximum absolute atomic E-state index is 13.0. The molecule has 3 aliphatic carbocycles. The molecule has 0 radical (unpaired) electrons. The normalized spacial score (nSPS) is 24.2. The van der Waals surface area contributed by atoms with Crippen LogP contribution in [0.3, 0.4) is 0 Å². The number of nitrogens with one attached hydrogen (secondary N) is 3. The molecule has 7 rings (SSSR count). The van der Waals surface area contributed by atoms with Crippen molar-refractivity contribution in [2.24, 2.45) is 16.7 Å². The molecular formula is C37H51BClN7O4S. The average molecular weight is 736 g/mol. The van der Waals surface area contributed by atoms with Gasteiger partial charge in [-0.05, 0) is 138 Å². The Labute approximate surface area is 311 Å². The van der Waals surface area contributed by atoms with E-state index in [0.29, 0.717) is 39.5 Å². The van der Waals surface area contributed by atoms with Crippen molar-refractivity contribution in [1.82, 2.24) is 25.0 Å². The van der Waals surface area contributed by atoms with Crippen LogP contribution in [-0.2, 0) is 9.47 Å². The number of carbonyl (C=O) groups excluding carboxylic acids is 2. The van der Waals surface area contributed by atoms with Crippen molar-refractivity contribution >= 4 is 55.0 Å². The van der Waals surface area contributed by atoms with E-state index in [1.807, 2.05) is 56.1 Å². The first-order valence-corrected chi connectivity index (χ1v) is 19.6. The van der Waals surface area contributed by atoms with E-state index >= 15 is 0 Å². The number of nitrogens with zero attached hydrogens (tertiary/aromatic N) is 4. The van der Waals surface area contributed by atoms with Gasteiger partial charge in [0.2, 0.25) is 0 Å². The van der Waals surface area contributed by atoms with Crippen molar-refractivity contribution in [1.29, 1.82) is 0 Å². The maximum Gasteiger partial charge on any atom is 0.410 e. The van der Waals surface area contributed by atoms with Gasteiger partial charge in [0.25, 0.3) is 5.91 Å². The highest BCUT2D eigenvalue weighted by Crippen LogP contribution is 3.02. The number of rotatable bonds is 13. The van der Waals surface area contributed by atoms with Gasteiger partial charge in [0.1, 0.15) is 41.5 Å². The van der Waals surface area contributed by atoms with E-state index in [2.05, 4.69) is 47.1 Å². The molecule has 0 aromatic carbocycles. The fourth-order valence-electron chi connectivity index (χ4n) is 9.22. The van der Waals surface area contributed by atoms with Crippen LogP contribution in [-0.4, -0.2) is 71.8 Å². The van der Waals surface area contributed by atoms with Crippen molar-refractivity contribution in [3.63, 3.8) is 0 Å². The predicted octanol–water partition coefficient (Wildman–Crippen LogP) is 6.73. The lowest BCUT2D eigenvalue weighted by molar-refractivity contribution is 0.0130. The first-order chi connectivity index (χ1) is 24.2. The van der Waals surface area contributed by atoms with Crippen LogP contribution in [0.1, 0.15) is 96.3 Å². The molecule has 2 spiro atoms. The van der Waals surface area contributed by atoms with Crippen LogP contribution < -0.4 is 20.5 Å². The molecule has 2 aromatic rings. The van der Waals surface area contributed by atoms with Crippen LogP contribution in [0.25, 0.3) is 0 Å². The average Bonchev–Trinajstić information content (AvgIpc) is 4.01. The smallest absolute Gasteiger partial charge is 0.410 e. The van der Waals surface area contributed by atoms with Crippen molar-refractivity contribution in [2.75, 3.05) is 30.0 Å². The molecule has 2 amide bonds. The van der Waals surface area contributed by atoms with Gasteiger partial charge in [-0.1, -0.05) is 17.7 Å². The molecule has 4 heterocycles. The second-order valence-corrected chi connectivity index (χ2v) is 18.0. The molecule has 2 aromatic heterocycles. The summed E-state index contributed by atoms with van der Waals surface area (Å²) in [4.78, 5) is 36.8. The van der Waals surface area contributed by atoms with Gasteiger partial charge in [-0.15, -0.1) is 0 Å². The highest BCUT2D eigenvalue weighted by atomic mass is 35.5. The summed E-state index contributed by atoms with van der Waals surface area (Å²) >= 11 is 7.62. The lowest BCUT2D eigenvalue weighted by atomic mass is 9.75. The third-order valence-corrected chi connectivity index (χ3v) is 13.0. The summed E-state index contributed by atoms with van der Waals surface area (Å²) in [6.07, 6.45) is 13.0. The van der Waals surface area contributed by atoms with Crippen LogP contribution in [0, 0.1) is 16.7 Å². The molecule has 11 nitrogen and oxygen atoms in total.